The third-order valence-electron chi connectivity index (χ3n) is 3.55. The zero-order valence-electron chi connectivity index (χ0n) is 9.22. The second-order valence-corrected chi connectivity index (χ2v) is 5.42. The third kappa shape index (κ3) is 3.16. The normalized spacial score (nSPS) is 37.4. The molecular weight excluding hydrogens is 180 g/mol. The molecule has 1 aliphatic carbocycles. The molecule has 1 heteroatoms. The van der Waals surface area contributed by atoms with Crippen molar-refractivity contribution in [3.05, 3.63) is 0 Å². The van der Waals surface area contributed by atoms with E-state index in [9.17, 15) is 0 Å². The lowest BCUT2D eigenvalue weighted by atomic mass is 9.73. The van der Waals surface area contributed by atoms with E-state index in [1.165, 1.54) is 32.1 Å². The molecule has 0 aliphatic heterocycles. The predicted molar refractivity (Wildman–Crippen MR) is 60.2 cm³/mol. The van der Waals surface area contributed by atoms with Gasteiger partial charge in [0.15, 0.2) is 0 Å². The summed E-state index contributed by atoms with van der Waals surface area (Å²) in [5.41, 5.74) is 0. The first-order valence-electron chi connectivity index (χ1n) is 5.79. The summed E-state index contributed by atoms with van der Waals surface area (Å²) < 4.78 is 0. The van der Waals surface area contributed by atoms with Crippen molar-refractivity contribution in [3.8, 4) is 0 Å². The third-order valence-corrected chi connectivity index (χ3v) is 4.09. The fourth-order valence-electron chi connectivity index (χ4n) is 2.57. The van der Waals surface area contributed by atoms with Crippen LogP contribution < -0.4 is 0 Å². The van der Waals surface area contributed by atoms with Crippen molar-refractivity contribution in [2.45, 2.75) is 58.3 Å². The molecule has 0 aromatic heterocycles. The van der Waals surface area contributed by atoms with Crippen LogP contribution in [0.2, 0.25) is 0 Å². The maximum absolute atomic E-state index is 6.42. The average Bonchev–Trinajstić information content (AvgIpc) is 2.09. The van der Waals surface area contributed by atoms with Crippen molar-refractivity contribution >= 4 is 11.6 Å². The van der Waals surface area contributed by atoms with Gasteiger partial charge in [0.25, 0.3) is 0 Å². The molecular formula is C12H23Cl. The summed E-state index contributed by atoms with van der Waals surface area (Å²) in [4.78, 5) is 0. The number of hydrogen-bond acceptors (Lipinski definition) is 0. The van der Waals surface area contributed by atoms with Crippen LogP contribution in [0.4, 0.5) is 0 Å². The molecule has 13 heavy (non-hydrogen) atoms. The Balaban J connectivity index is 2.44. The Morgan fingerprint density at radius 2 is 2.00 bits per heavy atom. The fourth-order valence-corrected chi connectivity index (χ4v) is 3.14. The summed E-state index contributed by atoms with van der Waals surface area (Å²) in [6, 6.07) is 0. The Hall–Kier alpha value is 0.290. The van der Waals surface area contributed by atoms with E-state index in [0.717, 1.165) is 17.8 Å². The van der Waals surface area contributed by atoms with Gasteiger partial charge in [0.1, 0.15) is 0 Å². The maximum Gasteiger partial charge on any atom is 0.0366 e. The lowest BCUT2D eigenvalue weighted by molar-refractivity contribution is 0.193. The van der Waals surface area contributed by atoms with Crippen molar-refractivity contribution in [3.63, 3.8) is 0 Å². The zero-order valence-corrected chi connectivity index (χ0v) is 9.98. The highest BCUT2D eigenvalue weighted by atomic mass is 35.5. The molecule has 4 unspecified atom stereocenters. The highest BCUT2D eigenvalue weighted by molar-refractivity contribution is 6.20. The van der Waals surface area contributed by atoms with Crippen molar-refractivity contribution in [1.29, 1.82) is 0 Å². The van der Waals surface area contributed by atoms with Gasteiger partial charge in [-0.1, -0.05) is 40.0 Å². The Morgan fingerprint density at radius 1 is 1.31 bits per heavy atom. The van der Waals surface area contributed by atoms with Gasteiger partial charge in [-0.05, 0) is 30.6 Å². The molecule has 0 aromatic carbocycles. The van der Waals surface area contributed by atoms with Gasteiger partial charge < -0.3 is 0 Å². The van der Waals surface area contributed by atoms with Crippen LogP contribution in [-0.2, 0) is 0 Å². The van der Waals surface area contributed by atoms with Gasteiger partial charge >= 0.3 is 0 Å². The highest BCUT2D eigenvalue weighted by Crippen LogP contribution is 2.38. The van der Waals surface area contributed by atoms with Crippen LogP contribution in [0.5, 0.6) is 0 Å². The van der Waals surface area contributed by atoms with E-state index < -0.39 is 0 Å². The minimum Gasteiger partial charge on any atom is -0.123 e. The summed E-state index contributed by atoms with van der Waals surface area (Å²) in [7, 11) is 0. The Bertz CT molecular complexity index is 144. The molecule has 0 spiro atoms. The van der Waals surface area contributed by atoms with Gasteiger partial charge in [-0.15, -0.1) is 11.6 Å². The van der Waals surface area contributed by atoms with E-state index >= 15 is 0 Å². The number of rotatable bonds is 3. The minimum atomic E-state index is 0.433. The van der Waals surface area contributed by atoms with Crippen LogP contribution in [-0.4, -0.2) is 5.38 Å². The highest BCUT2D eigenvalue weighted by Gasteiger charge is 2.30. The van der Waals surface area contributed by atoms with E-state index in [-0.39, 0.29) is 0 Å². The second-order valence-electron chi connectivity index (χ2n) is 4.86. The summed E-state index contributed by atoms with van der Waals surface area (Å²) in [5.74, 6) is 2.54. The van der Waals surface area contributed by atoms with Crippen LogP contribution in [0.1, 0.15) is 52.9 Å². The standard InChI is InChI=1S/C12H23Cl/c1-4-5-12(13)11-8-9(2)6-7-10(11)3/h9-12H,4-8H2,1-3H3. The lowest BCUT2D eigenvalue weighted by Crippen LogP contribution is -2.28. The first kappa shape index (κ1) is 11.4. The first-order valence-corrected chi connectivity index (χ1v) is 6.22. The Labute approximate surface area is 88.1 Å². The summed E-state index contributed by atoms with van der Waals surface area (Å²) in [6.07, 6.45) is 6.58. The summed E-state index contributed by atoms with van der Waals surface area (Å²) in [5, 5.41) is 0.433. The molecule has 4 atom stereocenters. The van der Waals surface area contributed by atoms with Gasteiger partial charge in [-0.3, -0.25) is 0 Å². The minimum absolute atomic E-state index is 0.433. The van der Waals surface area contributed by atoms with E-state index in [2.05, 4.69) is 20.8 Å². The predicted octanol–water partition coefficient (Wildman–Crippen LogP) is 4.47. The van der Waals surface area contributed by atoms with Gasteiger partial charge in [-0.2, -0.15) is 0 Å². The van der Waals surface area contributed by atoms with E-state index in [4.69, 9.17) is 11.6 Å². The average molecular weight is 203 g/mol. The molecule has 78 valence electrons. The van der Waals surface area contributed by atoms with Crippen molar-refractivity contribution < 1.29 is 0 Å². The molecule has 1 fully saturated rings. The Morgan fingerprint density at radius 3 is 2.62 bits per heavy atom. The SMILES string of the molecule is CCCC(Cl)C1CC(C)CCC1C. The lowest BCUT2D eigenvalue weighted by Gasteiger charge is -2.35. The number of hydrogen-bond donors (Lipinski definition) is 0. The Kier molecular flexibility index (Phi) is 4.58. The molecule has 1 saturated carbocycles. The van der Waals surface area contributed by atoms with E-state index in [1.54, 1.807) is 0 Å². The molecule has 0 N–H and O–H groups in total. The van der Waals surface area contributed by atoms with Crippen LogP contribution in [0, 0.1) is 17.8 Å². The summed E-state index contributed by atoms with van der Waals surface area (Å²) >= 11 is 6.42. The van der Waals surface area contributed by atoms with Gasteiger partial charge in [0.2, 0.25) is 0 Å². The second kappa shape index (κ2) is 5.24. The smallest absolute Gasteiger partial charge is 0.0366 e. The van der Waals surface area contributed by atoms with Crippen LogP contribution in [0.25, 0.3) is 0 Å². The van der Waals surface area contributed by atoms with Gasteiger partial charge in [-0.25, -0.2) is 0 Å². The summed E-state index contributed by atoms with van der Waals surface area (Å²) in [6.45, 7) is 6.97. The van der Waals surface area contributed by atoms with Crippen molar-refractivity contribution in [1.82, 2.24) is 0 Å². The van der Waals surface area contributed by atoms with Crippen LogP contribution in [0.3, 0.4) is 0 Å². The van der Waals surface area contributed by atoms with Crippen molar-refractivity contribution in [2.75, 3.05) is 0 Å². The van der Waals surface area contributed by atoms with E-state index in [0.29, 0.717) is 5.38 Å². The number of halogens is 1. The molecule has 0 nitrogen and oxygen atoms in total. The largest absolute Gasteiger partial charge is 0.123 e. The maximum atomic E-state index is 6.42. The molecule has 0 radical (unpaired) electrons. The molecule has 1 rings (SSSR count). The fraction of sp³-hybridized carbons (Fsp3) is 1.00. The van der Waals surface area contributed by atoms with Gasteiger partial charge in [0.05, 0.1) is 0 Å². The molecule has 0 aromatic rings. The van der Waals surface area contributed by atoms with E-state index in [1.807, 2.05) is 0 Å². The molecule has 0 heterocycles. The quantitative estimate of drug-likeness (QED) is 0.593. The van der Waals surface area contributed by atoms with Crippen LogP contribution >= 0.6 is 11.6 Å². The van der Waals surface area contributed by atoms with Crippen LogP contribution in [0.15, 0.2) is 0 Å². The number of alkyl halides is 1. The molecule has 0 amide bonds. The van der Waals surface area contributed by atoms with Gasteiger partial charge in [0, 0.05) is 5.38 Å². The zero-order chi connectivity index (χ0) is 9.84. The molecule has 0 bridgehead atoms. The van der Waals surface area contributed by atoms with Crippen molar-refractivity contribution in [2.24, 2.45) is 17.8 Å². The molecule has 0 saturated heterocycles. The monoisotopic (exact) mass is 202 g/mol. The molecule has 1 aliphatic rings. The topological polar surface area (TPSA) is 0 Å². The first-order chi connectivity index (χ1) is 6.15.